The lowest BCUT2D eigenvalue weighted by Crippen LogP contribution is -2.36. The Labute approximate surface area is 79.4 Å². The van der Waals surface area contributed by atoms with Gasteiger partial charge < -0.3 is 24.9 Å². The first-order chi connectivity index (χ1) is 5.87. The van der Waals surface area contributed by atoms with E-state index in [-0.39, 0.29) is 19.8 Å². The Morgan fingerprint density at radius 3 is 1.38 bits per heavy atom. The van der Waals surface area contributed by atoms with Gasteiger partial charge in [-0.2, -0.15) is 0 Å². The molecule has 0 saturated heterocycles. The second kappa shape index (κ2) is 8.40. The molecule has 0 rings (SSSR count). The zero-order chi connectivity index (χ0) is 10.9. The van der Waals surface area contributed by atoms with Crippen LogP contribution in [0.5, 0.6) is 0 Å². The molecule has 0 spiro atoms. The fourth-order valence-electron chi connectivity index (χ4n) is 0.358. The molecule has 0 heterocycles. The monoisotopic (exact) mass is 196 g/mol. The van der Waals surface area contributed by atoms with Gasteiger partial charge in [0.1, 0.15) is 12.6 Å². The van der Waals surface area contributed by atoms with Crippen molar-refractivity contribution in [2.75, 3.05) is 47.5 Å². The molecule has 82 valence electrons. The standard InChI is InChI=1S/C5H14NO.C3H8O3/c1-6(2,3)4-5-7;4-1-3(6)2-5/h7H,4-5H2,1-3H3;3-6H,1-2H2/q+1;. The van der Waals surface area contributed by atoms with Crippen molar-refractivity contribution in [1.29, 1.82) is 0 Å². The number of hydrogen-bond acceptors (Lipinski definition) is 4. The average Bonchev–Trinajstić information content (AvgIpc) is 2.02. The van der Waals surface area contributed by atoms with E-state index in [9.17, 15) is 0 Å². The zero-order valence-corrected chi connectivity index (χ0v) is 8.64. The molecule has 0 aromatic heterocycles. The van der Waals surface area contributed by atoms with Gasteiger partial charge >= 0.3 is 0 Å². The molecule has 0 unspecified atom stereocenters. The van der Waals surface area contributed by atoms with Crippen LogP contribution < -0.4 is 0 Å². The summed E-state index contributed by atoms with van der Waals surface area (Å²) in [6.45, 7) is 0.385. The maximum Gasteiger partial charge on any atom is 0.101 e. The van der Waals surface area contributed by atoms with E-state index in [4.69, 9.17) is 20.4 Å². The van der Waals surface area contributed by atoms with E-state index >= 15 is 0 Å². The molecule has 0 bridgehead atoms. The molecule has 0 atom stereocenters. The maximum atomic E-state index is 8.39. The predicted octanol–water partition coefficient (Wildman–Crippen LogP) is -1.98. The smallest absolute Gasteiger partial charge is 0.101 e. The summed E-state index contributed by atoms with van der Waals surface area (Å²) >= 11 is 0. The summed E-state index contributed by atoms with van der Waals surface area (Å²) in [4.78, 5) is 0. The van der Waals surface area contributed by atoms with Crippen molar-refractivity contribution in [2.45, 2.75) is 6.10 Å². The number of nitrogens with zero attached hydrogens (tertiary/aromatic N) is 1. The molecule has 0 aromatic carbocycles. The molecule has 0 saturated carbocycles. The van der Waals surface area contributed by atoms with Crippen LogP contribution in [0.25, 0.3) is 0 Å². The fourth-order valence-corrected chi connectivity index (χ4v) is 0.358. The normalized spacial score (nSPS) is 11.1. The van der Waals surface area contributed by atoms with Gasteiger partial charge in [0.2, 0.25) is 0 Å². The van der Waals surface area contributed by atoms with Gasteiger partial charge in [-0.1, -0.05) is 0 Å². The van der Waals surface area contributed by atoms with E-state index in [1.54, 1.807) is 0 Å². The van der Waals surface area contributed by atoms with Crippen LogP contribution >= 0.6 is 0 Å². The molecule has 4 N–H and O–H groups in total. The van der Waals surface area contributed by atoms with Gasteiger partial charge in [0.15, 0.2) is 0 Å². The van der Waals surface area contributed by atoms with Gasteiger partial charge in [0, 0.05) is 0 Å². The SMILES string of the molecule is C[N+](C)(C)CCO.OCC(O)CO. The average molecular weight is 196 g/mol. The Morgan fingerprint density at radius 1 is 1.00 bits per heavy atom. The summed E-state index contributed by atoms with van der Waals surface area (Å²) < 4.78 is 0.844. The van der Waals surface area contributed by atoms with Crippen molar-refractivity contribution in [3.05, 3.63) is 0 Å². The summed E-state index contributed by atoms with van der Waals surface area (Å²) in [5.74, 6) is 0. The van der Waals surface area contributed by atoms with Gasteiger partial charge in [-0.3, -0.25) is 0 Å². The van der Waals surface area contributed by atoms with Gasteiger partial charge in [-0.05, 0) is 0 Å². The van der Waals surface area contributed by atoms with Crippen molar-refractivity contribution in [3.63, 3.8) is 0 Å². The number of aliphatic hydroxyl groups is 4. The van der Waals surface area contributed by atoms with Gasteiger partial charge in [-0.25, -0.2) is 0 Å². The van der Waals surface area contributed by atoms with E-state index in [2.05, 4.69) is 21.1 Å². The molecule has 0 amide bonds. The van der Waals surface area contributed by atoms with E-state index in [0.29, 0.717) is 0 Å². The van der Waals surface area contributed by atoms with Crippen molar-refractivity contribution < 1.29 is 24.9 Å². The number of aliphatic hydroxyl groups excluding tert-OH is 4. The van der Waals surface area contributed by atoms with E-state index in [1.165, 1.54) is 0 Å². The van der Waals surface area contributed by atoms with E-state index in [1.807, 2.05) is 0 Å². The minimum Gasteiger partial charge on any atom is -0.394 e. The van der Waals surface area contributed by atoms with Crippen LogP contribution in [0.15, 0.2) is 0 Å². The lowest BCUT2D eigenvalue weighted by Gasteiger charge is -2.21. The minimum absolute atomic E-state index is 0.281. The van der Waals surface area contributed by atoms with Crippen LogP contribution in [-0.2, 0) is 0 Å². The Bertz CT molecular complexity index is 98.8. The molecule has 5 nitrogen and oxygen atoms in total. The van der Waals surface area contributed by atoms with Gasteiger partial charge in [-0.15, -0.1) is 0 Å². The van der Waals surface area contributed by atoms with Crippen molar-refractivity contribution in [3.8, 4) is 0 Å². The molecule has 13 heavy (non-hydrogen) atoms. The lowest BCUT2D eigenvalue weighted by molar-refractivity contribution is -0.870. The third-order valence-corrected chi connectivity index (χ3v) is 1.19. The molecule has 0 fully saturated rings. The first kappa shape index (κ1) is 15.3. The van der Waals surface area contributed by atoms with Crippen LogP contribution in [0.4, 0.5) is 0 Å². The van der Waals surface area contributed by atoms with E-state index < -0.39 is 6.10 Å². The van der Waals surface area contributed by atoms with Gasteiger partial charge in [0.25, 0.3) is 0 Å². The molecular formula is C8H22NO4+. The quantitative estimate of drug-likeness (QED) is 0.393. The highest BCUT2D eigenvalue weighted by Gasteiger charge is 2.02. The van der Waals surface area contributed by atoms with Crippen LogP contribution in [0.3, 0.4) is 0 Å². The number of rotatable bonds is 4. The lowest BCUT2D eigenvalue weighted by atomic mass is 10.4. The molecule has 0 aromatic rings. The third-order valence-electron chi connectivity index (χ3n) is 1.19. The van der Waals surface area contributed by atoms with Gasteiger partial charge in [0.05, 0.1) is 41.0 Å². The summed E-state index contributed by atoms with van der Waals surface area (Å²) in [6, 6.07) is 0. The Hall–Kier alpha value is -0.200. The van der Waals surface area contributed by atoms with Crippen molar-refractivity contribution in [2.24, 2.45) is 0 Å². The predicted molar refractivity (Wildman–Crippen MR) is 50.2 cm³/mol. The van der Waals surface area contributed by atoms with Crippen molar-refractivity contribution >= 4 is 0 Å². The molecule has 0 radical (unpaired) electrons. The summed E-state index contributed by atoms with van der Waals surface area (Å²) in [7, 11) is 6.16. The third kappa shape index (κ3) is 18.6. The highest BCUT2D eigenvalue weighted by atomic mass is 16.3. The zero-order valence-electron chi connectivity index (χ0n) is 8.64. The van der Waals surface area contributed by atoms with E-state index in [0.717, 1.165) is 11.0 Å². The summed E-state index contributed by atoms with van der Waals surface area (Å²) in [6.07, 6.45) is -0.954. The first-order valence-electron chi connectivity index (χ1n) is 4.18. The van der Waals surface area contributed by atoms with Crippen LogP contribution in [-0.4, -0.2) is 78.5 Å². The molecule has 0 aliphatic heterocycles. The Morgan fingerprint density at radius 2 is 1.38 bits per heavy atom. The van der Waals surface area contributed by atoms with Crippen molar-refractivity contribution in [1.82, 2.24) is 0 Å². The summed E-state index contributed by atoms with van der Waals surface area (Å²) in [5, 5.41) is 32.4. The Kier molecular flexibility index (Phi) is 9.87. The highest BCUT2D eigenvalue weighted by molar-refractivity contribution is 4.44. The van der Waals surface area contributed by atoms with Crippen LogP contribution in [0.1, 0.15) is 0 Å². The number of hydrogen-bond donors (Lipinski definition) is 4. The number of quaternary nitrogens is 1. The molecule has 0 aliphatic carbocycles. The number of likely N-dealkylation sites (N-methyl/N-ethyl adjacent to an activating group) is 1. The van der Waals surface area contributed by atoms with Crippen LogP contribution in [0, 0.1) is 0 Å². The summed E-state index contributed by atoms with van der Waals surface area (Å²) in [5.41, 5.74) is 0. The highest BCUT2D eigenvalue weighted by Crippen LogP contribution is 1.84. The second-order valence-corrected chi connectivity index (χ2v) is 3.76. The topological polar surface area (TPSA) is 80.9 Å². The molecular weight excluding hydrogens is 174 g/mol. The fraction of sp³-hybridized carbons (Fsp3) is 1.00. The molecule has 0 aliphatic rings. The minimum atomic E-state index is -0.954. The Balaban J connectivity index is 0. The first-order valence-corrected chi connectivity index (χ1v) is 4.18. The largest absolute Gasteiger partial charge is 0.394 e. The van der Waals surface area contributed by atoms with Crippen LogP contribution in [0.2, 0.25) is 0 Å². The molecule has 5 heteroatoms. The maximum absolute atomic E-state index is 8.39. The second-order valence-electron chi connectivity index (χ2n) is 3.76.